The van der Waals surface area contributed by atoms with Crippen molar-refractivity contribution in [2.75, 3.05) is 18.4 Å². The third-order valence-electron chi connectivity index (χ3n) is 4.67. The van der Waals surface area contributed by atoms with E-state index in [1.165, 1.54) is 40.7 Å². The van der Waals surface area contributed by atoms with Gasteiger partial charge in [0.05, 0.1) is 10.6 Å². The summed E-state index contributed by atoms with van der Waals surface area (Å²) in [7, 11) is -3.65. The lowest BCUT2D eigenvalue weighted by atomic mass is 10.2. The van der Waals surface area contributed by atoms with Crippen molar-refractivity contribution in [2.45, 2.75) is 37.5 Å². The predicted octanol–water partition coefficient (Wildman–Crippen LogP) is 3.95. The molecule has 3 rings (SSSR count). The highest BCUT2D eigenvalue weighted by molar-refractivity contribution is 7.89. The second-order valence-corrected chi connectivity index (χ2v) is 8.72. The van der Waals surface area contributed by atoms with Crippen LogP contribution in [0.3, 0.4) is 0 Å². The molecule has 0 radical (unpaired) electrons. The number of sulfonamides is 1. The third-order valence-corrected chi connectivity index (χ3v) is 6.56. The van der Waals surface area contributed by atoms with Crippen molar-refractivity contribution in [3.8, 4) is 0 Å². The van der Waals surface area contributed by atoms with E-state index in [1.54, 1.807) is 13.0 Å². The summed E-state index contributed by atoms with van der Waals surface area (Å²) in [4.78, 5) is 12.6. The number of amides is 1. The molecular weight excluding hydrogens is 367 g/mol. The van der Waals surface area contributed by atoms with Gasteiger partial charge in [0.2, 0.25) is 10.0 Å². The van der Waals surface area contributed by atoms with Crippen molar-refractivity contribution in [1.82, 2.24) is 4.31 Å². The fourth-order valence-electron chi connectivity index (χ4n) is 3.16. The van der Waals surface area contributed by atoms with Crippen LogP contribution < -0.4 is 5.32 Å². The van der Waals surface area contributed by atoms with Gasteiger partial charge in [-0.2, -0.15) is 4.31 Å². The predicted molar refractivity (Wildman–Crippen MR) is 103 cm³/mol. The summed E-state index contributed by atoms with van der Waals surface area (Å²) in [5.41, 5.74) is 1.05. The van der Waals surface area contributed by atoms with Crippen molar-refractivity contribution in [3.63, 3.8) is 0 Å². The lowest BCUT2D eigenvalue weighted by Crippen LogP contribution is -2.32. The van der Waals surface area contributed by atoms with E-state index in [9.17, 15) is 17.6 Å². The molecule has 0 aliphatic carbocycles. The number of nitrogens with zero attached hydrogens (tertiary/aromatic N) is 1. The van der Waals surface area contributed by atoms with Crippen molar-refractivity contribution >= 4 is 21.6 Å². The number of hydrogen-bond acceptors (Lipinski definition) is 3. The summed E-state index contributed by atoms with van der Waals surface area (Å²) in [5.74, 6) is -1.09. The minimum absolute atomic E-state index is 0.0702. The van der Waals surface area contributed by atoms with Gasteiger partial charge in [0, 0.05) is 18.7 Å². The minimum Gasteiger partial charge on any atom is -0.319 e. The highest BCUT2D eigenvalue weighted by Gasteiger charge is 2.25. The molecule has 0 atom stereocenters. The number of hydrogen-bond donors (Lipinski definition) is 1. The SMILES string of the molecule is Cc1ccc(F)c(NC(=O)c2cccc(S(=O)(=O)N3CCCCCC3)c2)c1. The molecule has 1 heterocycles. The molecule has 7 heteroatoms. The summed E-state index contributed by atoms with van der Waals surface area (Å²) in [6.45, 7) is 2.78. The van der Waals surface area contributed by atoms with E-state index >= 15 is 0 Å². The fourth-order valence-corrected chi connectivity index (χ4v) is 4.72. The first-order valence-corrected chi connectivity index (χ1v) is 10.5. The smallest absolute Gasteiger partial charge is 0.255 e. The fraction of sp³-hybridized carbons (Fsp3) is 0.350. The van der Waals surface area contributed by atoms with Crippen LogP contribution >= 0.6 is 0 Å². The van der Waals surface area contributed by atoms with Gasteiger partial charge in [-0.1, -0.05) is 25.0 Å². The van der Waals surface area contributed by atoms with Crippen molar-refractivity contribution in [3.05, 3.63) is 59.4 Å². The quantitative estimate of drug-likeness (QED) is 0.860. The largest absolute Gasteiger partial charge is 0.319 e. The van der Waals surface area contributed by atoms with E-state index in [1.807, 2.05) is 0 Å². The van der Waals surface area contributed by atoms with Gasteiger partial charge in [-0.15, -0.1) is 0 Å². The molecule has 1 N–H and O–H groups in total. The molecule has 2 aromatic carbocycles. The van der Waals surface area contributed by atoms with E-state index in [2.05, 4.69) is 5.32 Å². The molecular formula is C20H23FN2O3S. The molecule has 144 valence electrons. The van der Waals surface area contributed by atoms with E-state index in [4.69, 9.17) is 0 Å². The molecule has 0 spiro atoms. The number of aryl methyl sites for hydroxylation is 1. The molecule has 5 nitrogen and oxygen atoms in total. The Labute approximate surface area is 159 Å². The molecule has 1 amide bonds. The van der Waals surface area contributed by atoms with Crippen LogP contribution in [0.4, 0.5) is 10.1 Å². The Balaban J connectivity index is 1.84. The van der Waals surface area contributed by atoms with Gasteiger partial charge >= 0.3 is 0 Å². The summed E-state index contributed by atoms with van der Waals surface area (Å²) < 4.78 is 41.2. The summed E-state index contributed by atoms with van der Waals surface area (Å²) in [5, 5.41) is 2.51. The van der Waals surface area contributed by atoms with Crippen LogP contribution in [0.1, 0.15) is 41.6 Å². The molecule has 27 heavy (non-hydrogen) atoms. The summed E-state index contributed by atoms with van der Waals surface area (Å²) in [6, 6.07) is 10.3. The standard InChI is InChI=1S/C20H23FN2O3S/c1-15-9-10-18(21)19(13-15)22-20(24)16-7-6-8-17(14-16)27(25,26)23-11-4-2-3-5-12-23/h6-10,13-14H,2-5,11-12H2,1H3,(H,22,24). The molecule has 0 aromatic heterocycles. The number of halogens is 1. The molecule has 0 unspecified atom stereocenters. The molecule has 0 saturated carbocycles. The molecule has 0 bridgehead atoms. The van der Waals surface area contributed by atoms with E-state index in [0.717, 1.165) is 31.2 Å². The van der Waals surface area contributed by atoms with Gasteiger partial charge in [-0.25, -0.2) is 12.8 Å². The minimum atomic E-state index is -3.65. The average Bonchev–Trinajstić information content (AvgIpc) is 2.95. The number of carbonyl (C=O) groups excluding carboxylic acids is 1. The molecule has 1 aliphatic rings. The number of benzene rings is 2. The highest BCUT2D eigenvalue weighted by Crippen LogP contribution is 2.22. The van der Waals surface area contributed by atoms with Crippen LogP contribution in [0.2, 0.25) is 0 Å². The lowest BCUT2D eigenvalue weighted by Gasteiger charge is -2.20. The molecule has 1 aliphatic heterocycles. The van der Waals surface area contributed by atoms with Crippen LogP contribution in [0, 0.1) is 12.7 Å². The Morgan fingerprint density at radius 1 is 1.04 bits per heavy atom. The number of anilines is 1. The first kappa shape index (κ1) is 19.5. The van der Waals surface area contributed by atoms with Crippen LogP contribution in [0.5, 0.6) is 0 Å². The van der Waals surface area contributed by atoms with Crippen LogP contribution in [-0.2, 0) is 10.0 Å². The molecule has 1 saturated heterocycles. The first-order valence-electron chi connectivity index (χ1n) is 9.05. The average molecular weight is 390 g/mol. The molecule has 1 fully saturated rings. The number of carbonyl (C=O) groups is 1. The molecule has 2 aromatic rings. The van der Waals surface area contributed by atoms with Crippen LogP contribution in [0.25, 0.3) is 0 Å². The van der Waals surface area contributed by atoms with E-state index in [-0.39, 0.29) is 16.1 Å². The maximum absolute atomic E-state index is 13.9. The maximum atomic E-state index is 13.9. The highest BCUT2D eigenvalue weighted by atomic mass is 32.2. The van der Waals surface area contributed by atoms with Gasteiger partial charge < -0.3 is 5.32 Å². The lowest BCUT2D eigenvalue weighted by molar-refractivity contribution is 0.102. The van der Waals surface area contributed by atoms with Gasteiger partial charge in [-0.05, 0) is 55.7 Å². The topological polar surface area (TPSA) is 66.5 Å². The zero-order valence-electron chi connectivity index (χ0n) is 15.2. The zero-order valence-corrected chi connectivity index (χ0v) is 16.1. The second kappa shape index (κ2) is 8.19. The Kier molecular flexibility index (Phi) is 5.92. The van der Waals surface area contributed by atoms with Gasteiger partial charge in [0.15, 0.2) is 0 Å². The van der Waals surface area contributed by atoms with E-state index in [0.29, 0.717) is 13.1 Å². The Morgan fingerprint density at radius 3 is 2.44 bits per heavy atom. The monoisotopic (exact) mass is 390 g/mol. The normalized spacial score (nSPS) is 15.9. The van der Waals surface area contributed by atoms with Crippen LogP contribution in [0.15, 0.2) is 47.4 Å². The van der Waals surface area contributed by atoms with Gasteiger partial charge in [-0.3, -0.25) is 4.79 Å². The summed E-state index contributed by atoms with van der Waals surface area (Å²) in [6.07, 6.45) is 3.73. The number of rotatable bonds is 4. The zero-order chi connectivity index (χ0) is 19.4. The van der Waals surface area contributed by atoms with E-state index < -0.39 is 21.7 Å². The Morgan fingerprint density at radius 2 is 1.74 bits per heavy atom. The number of nitrogens with one attached hydrogen (secondary N) is 1. The summed E-state index contributed by atoms with van der Waals surface area (Å²) >= 11 is 0. The van der Waals surface area contributed by atoms with Gasteiger partial charge in [0.25, 0.3) is 5.91 Å². The van der Waals surface area contributed by atoms with Crippen molar-refractivity contribution in [1.29, 1.82) is 0 Å². The van der Waals surface area contributed by atoms with Crippen molar-refractivity contribution in [2.24, 2.45) is 0 Å². The first-order chi connectivity index (χ1) is 12.9. The maximum Gasteiger partial charge on any atom is 0.255 e. The Bertz CT molecular complexity index is 936. The Hall–Kier alpha value is -2.25. The van der Waals surface area contributed by atoms with Crippen molar-refractivity contribution < 1.29 is 17.6 Å². The third kappa shape index (κ3) is 4.54. The van der Waals surface area contributed by atoms with Crippen LogP contribution in [-0.4, -0.2) is 31.7 Å². The second-order valence-electron chi connectivity index (χ2n) is 6.78. The van der Waals surface area contributed by atoms with Gasteiger partial charge in [0.1, 0.15) is 5.82 Å².